The Kier molecular flexibility index (Phi) is 6.65. The molecule has 2 heterocycles. The maximum atomic E-state index is 13.1. The largest absolute Gasteiger partial charge is 0.497 e. The smallest absolute Gasteiger partial charge is 0.344 e. The molecule has 178 valence electrons. The Hall–Kier alpha value is -3.72. The highest BCUT2D eigenvalue weighted by atomic mass is 16.5. The second kappa shape index (κ2) is 9.64. The minimum Gasteiger partial charge on any atom is -0.497 e. The van der Waals surface area contributed by atoms with Gasteiger partial charge in [0.15, 0.2) is 5.78 Å². The SMILES string of the molecule is COc1cccc(C2(C)NC(=O)N(NC(=O)CN3CCC(C(=O)c4ccccc4)CC3)C2=O)c1. The molecule has 2 fully saturated rings. The van der Waals surface area contributed by atoms with Gasteiger partial charge in [0.1, 0.15) is 11.3 Å². The number of nitrogens with one attached hydrogen (secondary N) is 2. The molecule has 0 aliphatic carbocycles. The summed E-state index contributed by atoms with van der Waals surface area (Å²) in [6.07, 6.45) is 1.30. The van der Waals surface area contributed by atoms with E-state index in [1.54, 1.807) is 31.2 Å². The average molecular weight is 465 g/mol. The van der Waals surface area contributed by atoms with Gasteiger partial charge in [0.25, 0.3) is 11.8 Å². The highest BCUT2D eigenvalue weighted by Gasteiger charge is 2.50. The Morgan fingerprint density at radius 1 is 1.09 bits per heavy atom. The molecule has 0 bridgehead atoms. The van der Waals surface area contributed by atoms with E-state index in [2.05, 4.69) is 10.7 Å². The number of amides is 4. The summed E-state index contributed by atoms with van der Waals surface area (Å²) in [5.41, 5.74) is 2.36. The van der Waals surface area contributed by atoms with E-state index in [0.717, 1.165) is 5.01 Å². The van der Waals surface area contributed by atoms with Crippen LogP contribution in [-0.4, -0.2) is 60.3 Å². The average Bonchev–Trinajstić information content (AvgIpc) is 3.08. The maximum absolute atomic E-state index is 13.1. The predicted molar refractivity (Wildman–Crippen MR) is 124 cm³/mol. The highest BCUT2D eigenvalue weighted by Crippen LogP contribution is 2.30. The lowest BCUT2D eigenvalue weighted by Gasteiger charge is -2.31. The number of piperidine rings is 1. The summed E-state index contributed by atoms with van der Waals surface area (Å²) in [6.45, 7) is 2.78. The van der Waals surface area contributed by atoms with E-state index >= 15 is 0 Å². The van der Waals surface area contributed by atoms with Gasteiger partial charge in [-0.25, -0.2) is 4.79 Å². The molecule has 2 aromatic rings. The van der Waals surface area contributed by atoms with Crippen LogP contribution >= 0.6 is 0 Å². The van der Waals surface area contributed by atoms with Gasteiger partial charge in [-0.1, -0.05) is 42.5 Å². The van der Waals surface area contributed by atoms with Crippen molar-refractivity contribution in [1.82, 2.24) is 20.7 Å². The third kappa shape index (κ3) is 4.65. The molecule has 34 heavy (non-hydrogen) atoms. The summed E-state index contributed by atoms with van der Waals surface area (Å²) < 4.78 is 5.21. The number of carbonyl (C=O) groups is 4. The van der Waals surface area contributed by atoms with Crippen LogP contribution in [0.5, 0.6) is 5.75 Å². The van der Waals surface area contributed by atoms with E-state index in [1.807, 2.05) is 35.2 Å². The van der Waals surface area contributed by atoms with E-state index in [9.17, 15) is 19.2 Å². The van der Waals surface area contributed by atoms with E-state index in [1.165, 1.54) is 7.11 Å². The normalized spacial score (nSPS) is 21.3. The second-order valence-electron chi connectivity index (χ2n) is 8.74. The number of hydrogen-bond acceptors (Lipinski definition) is 6. The van der Waals surface area contributed by atoms with Crippen LogP contribution in [0.15, 0.2) is 54.6 Å². The number of Topliss-reactive ketones (excluding diaryl/α,β-unsaturated/α-hetero) is 1. The number of imide groups is 1. The van der Waals surface area contributed by atoms with Crippen LogP contribution in [0.2, 0.25) is 0 Å². The van der Waals surface area contributed by atoms with Gasteiger partial charge in [-0.3, -0.25) is 24.7 Å². The first kappa shape index (κ1) is 23.4. The fourth-order valence-corrected chi connectivity index (χ4v) is 4.42. The topological polar surface area (TPSA) is 108 Å². The zero-order valence-electron chi connectivity index (χ0n) is 19.2. The van der Waals surface area contributed by atoms with Crippen LogP contribution < -0.4 is 15.5 Å². The van der Waals surface area contributed by atoms with Crippen molar-refractivity contribution in [2.75, 3.05) is 26.7 Å². The molecular formula is C25H28N4O5. The van der Waals surface area contributed by atoms with Gasteiger partial charge in [0.2, 0.25) is 0 Å². The number of urea groups is 1. The minimum absolute atomic E-state index is 0.0270. The van der Waals surface area contributed by atoms with Gasteiger partial charge in [0.05, 0.1) is 13.7 Å². The molecule has 2 saturated heterocycles. The third-order valence-electron chi connectivity index (χ3n) is 6.46. The van der Waals surface area contributed by atoms with Crippen molar-refractivity contribution < 1.29 is 23.9 Å². The molecule has 4 rings (SSSR count). The highest BCUT2D eigenvalue weighted by molar-refractivity contribution is 6.08. The number of hydrogen-bond donors (Lipinski definition) is 2. The summed E-state index contributed by atoms with van der Waals surface area (Å²) in [4.78, 5) is 52.8. The lowest BCUT2D eigenvalue weighted by molar-refractivity contribution is -0.139. The van der Waals surface area contributed by atoms with Gasteiger partial charge in [-0.15, -0.1) is 0 Å². The molecule has 0 saturated carbocycles. The van der Waals surface area contributed by atoms with Crippen molar-refractivity contribution in [2.45, 2.75) is 25.3 Å². The molecule has 0 aromatic heterocycles. The van der Waals surface area contributed by atoms with E-state index in [-0.39, 0.29) is 18.2 Å². The summed E-state index contributed by atoms with van der Waals surface area (Å²) in [7, 11) is 1.52. The van der Waals surface area contributed by atoms with Crippen molar-refractivity contribution in [1.29, 1.82) is 0 Å². The van der Waals surface area contributed by atoms with Gasteiger partial charge < -0.3 is 10.1 Å². The lowest BCUT2D eigenvalue weighted by atomic mass is 9.89. The number of carbonyl (C=O) groups excluding carboxylic acids is 4. The monoisotopic (exact) mass is 464 g/mol. The number of methoxy groups -OCH3 is 1. The molecule has 2 N–H and O–H groups in total. The van der Waals surface area contributed by atoms with E-state index < -0.39 is 23.4 Å². The van der Waals surface area contributed by atoms with Crippen molar-refractivity contribution >= 4 is 23.6 Å². The number of benzene rings is 2. The fraction of sp³-hybridized carbons (Fsp3) is 0.360. The van der Waals surface area contributed by atoms with Crippen molar-refractivity contribution in [3.63, 3.8) is 0 Å². The van der Waals surface area contributed by atoms with Crippen LogP contribution in [-0.2, 0) is 15.1 Å². The van der Waals surface area contributed by atoms with Crippen molar-refractivity contribution in [2.24, 2.45) is 5.92 Å². The summed E-state index contributed by atoms with van der Waals surface area (Å²) in [5.74, 6) is -0.438. The Morgan fingerprint density at radius 3 is 2.47 bits per heavy atom. The molecular weight excluding hydrogens is 436 g/mol. The minimum atomic E-state index is -1.32. The Balaban J connectivity index is 1.32. The van der Waals surface area contributed by atoms with Crippen LogP contribution in [0.1, 0.15) is 35.7 Å². The fourth-order valence-electron chi connectivity index (χ4n) is 4.42. The zero-order valence-corrected chi connectivity index (χ0v) is 19.2. The van der Waals surface area contributed by atoms with Crippen LogP contribution in [0.4, 0.5) is 4.79 Å². The molecule has 4 amide bonds. The first-order valence-corrected chi connectivity index (χ1v) is 11.2. The van der Waals surface area contributed by atoms with E-state index in [0.29, 0.717) is 42.8 Å². The zero-order chi connectivity index (χ0) is 24.3. The molecule has 9 nitrogen and oxygen atoms in total. The molecule has 9 heteroatoms. The molecule has 1 atom stereocenters. The standard InChI is InChI=1S/C25H28N4O5/c1-25(19-9-6-10-20(15-19)34-2)23(32)29(24(33)26-25)27-21(30)16-28-13-11-18(12-14-28)22(31)17-7-4-3-5-8-17/h3-10,15,18H,11-14,16H2,1-2H3,(H,26,33)(H,27,30). The van der Waals surface area contributed by atoms with Crippen molar-refractivity contribution in [3.8, 4) is 5.75 Å². The number of ketones is 1. The number of nitrogens with zero attached hydrogens (tertiary/aromatic N) is 2. The van der Waals surface area contributed by atoms with Crippen LogP contribution in [0.25, 0.3) is 0 Å². The number of hydrazine groups is 1. The predicted octanol–water partition coefficient (Wildman–Crippen LogP) is 2.09. The van der Waals surface area contributed by atoms with Gasteiger partial charge in [-0.2, -0.15) is 5.01 Å². The van der Waals surface area contributed by atoms with Gasteiger partial charge in [0, 0.05) is 11.5 Å². The second-order valence-corrected chi connectivity index (χ2v) is 8.74. The Labute approximate surface area is 198 Å². The Bertz CT molecular complexity index is 1100. The summed E-state index contributed by atoms with van der Waals surface area (Å²) in [5, 5.41) is 3.39. The lowest BCUT2D eigenvalue weighted by Crippen LogP contribution is -2.51. The number of ether oxygens (including phenoxy) is 1. The maximum Gasteiger partial charge on any atom is 0.344 e. The van der Waals surface area contributed by atoms with E-state index in [4.69, 9.17) is 4.74 Å². The van der Waals surface area contributed by atoms with Crippen LogP contribution in [0, 0.1) is 5.92 Å². The third-order valence-corrected chi connectivity index (χ3v) is 6.46. The number of rotatable bonds is 7. The quantitative estimate of drug-likeness (QED) is 0.480. The molecule has 2 aliphatic rings. The molecule has 1 unspecified atom stereocenters. The first-order chi connectivity index (χ1) is 16.3. The summed E-state index contributed by atoms with van der Waals surface area (Å²) in [6, 6.07) is 15.4. The Morgan fingerprint density at radius 2 is 1.79 bits per heavy atom. The molecule has 0 spiro atoms. The molecule has 0 radical (unpaired) electrons. The number of likely N-dealkylation sites (tertiary alicyclic amines) is 1. The van der Waals surface area contributed by atoms with Gasteiger partial charge in [-0.05, 0) is 50.6 Å². The molecule has 2 aliphatic heterocycles. The van der Waals surface area contributed by atoms with Crippen molar-refractivity contribution in [3.05, 3.63) is 65.7 Å². The summed E-state index contributed by atoms with van der Waals surface area (Å²) >= 11 is 0. The molecule has 2 aromatic carbocycles. The first-order valence-electron chi connectivity index (χ1n) is 11.2. The van der Waals surface area contributed by atoms with Gasteiger partial charge >= 0.3 is 6.03 Å². The van der Waals surface area contributed by atoms with Crippen LogP contribution in [0.3, 0.4) is 0 Å².